The van der Waals surface area contributed by atoms with Gasteiger partial charge >= 0.3 is 0 Å². The molecule has 0 radical (unpaired) electrons. The lowest BCUT2D eigenvalue weighted by Crippen LogP contribution is -1.85. The molecule has 5 heteroatoms. The van der Waals surface area contributed by atoms with Gasteiger partial charge in [-0.05, 0) is 18.2 Å². The summed E-state index contributed by atoms with van der Waals surface area (Å²) >= 11 is 3.42. The van der Waals surface area contributed by atoms with Crippen molar-refractivity contribution in [2.75, 3.05) is 0 Å². The predicted molar refractivity (Wildman–Crippen MR) is 64.8 cm³/mol. The Morgan fingerprint density at radius 2 is 2.12 bits per heavy atom. The van der Waals surface area contributed by atoms with Crippen molar-refractivity contribution in [1.29, 1.82) is 0 Å². The van der Waals surface area contributed by atoms with Gasteiger partial charge in [0.2, 0.25) is 0 Å². The lowest BCUT2D eigenvalue weighted by molar-refractivity contribution is 1.17. The van der Waals surface area contributed by atoms with Crippen LogP contribution in [0.4, 0.5) is 0 Å². The van der Waals surface area contributed by atoms with Crippen LogP contribution in [-0.2, 0) is 0 Å². The average Bonchev–Trinajstić information content (AvgIpc) is 2.73. The van der Waals surface area contributed by atoms with Gasteiger partial charge in [-0.2, -0.15) is 0 Å². The fourth-order valence-corrected chi connectivity index (χ4v) is 1.89. The normalized spacial score (nSPS) is 10.8. The van der Waals surface area contributed by atoms with Gasteiger partial charge in [0.15, 0.2) is 5.82 Å². The summed E-state index contributed by atoms with van der Waals surface area (Å²) in [5, 5.41) is 0. The van der Waals surface area contributed by atoms with Crippen molar-refractivity contribution in [2.24, 2.45) is 0 Å². The molecule has 16 heavy (non-hydrogen) atoms. The zero-order chi connectivity index (χ0) is 11.0. The highest BCUT2D eigenvalue weighted by Gasteiger charge is 2.06. The first-order valence-electron chi connectivity index (χ1n) is 4.74. The van der Waals surface area contributed by atoms with Crippen molar-refractivity contribution in [3.63, 3.8) is 0 Å². The van der Waals surface area contributed by atoms with E-state index in [1.165, 1.54) is 0 Å². The summed E-state index contributed by atoms with van der Waals surface area (Å²) in [5.74, 6) is 0.737. The van der Waals surface area contributed by atoms with Crippen LogP contribution in [0.25, 0.3) is 22.6 Å². The van der Waals surface area contributed by atoms with Gasteiger partial charge in [-0.25, -0.2) is 9.97 Å². The Hall–Kier alpha value is -1.75. The molecule has 0 atom stereocenters. The summed E-state index contributed by atoms with van der Waals surface area (Å²) in [7, 11) is 0. The van der Waals surface area contributed by atoms with Crippen molar-refractivity contribution in [3.05, 3.63) is 41.3 Å². The minimum atomic E-state index is 0.737. The van der Waals surface area contributed by atoms with E-state index < -0.39 is 0 Å². The summed E-state index contributed by atoms with van der Waals surface area (Å²) in [6.45, 7) is 0. The van der Waals surface area contributed by atoms with E-state index in [1.807, 2.05) is 18.2 Å². The van der Waals surface area contributed by atoms with Crippen LogP contribution in [0, 0.1) is 0 Å². The first kappa shape index (κ1) is 9.47. The minimum absolute atomic E-state index is 0.737. The summed E-state index contributed by atoms with van der Waals surface area (Å²) < 4.78 is 1.02. The average molecular weight is 275 g/mol. The molecule has 0 aliphatic rings. The summed E-state index contributed by atoms with van der Waals surface area (Å²) in [6.07, 6.45) is 4.98. The molecule has 4 nitrogen and oxygen atoms in total. The van der Waals surface area contributed by atoms with Gasteiger partial charge in [0, 0.05) is 16.9 Å². The largest absolute Gasteiger partial charge is 0.337 e. The van der Waals surface area contributed by atoms with Gasteiger partial charge in [-0.1, -0.05) is 15.9 Å². The van der Waals surface area contributed by atoms with Gasteiger partial charge in [0.25, 0.3) is 0 Å². The fourth-order valence-electron chi connectivity index (χ4n) is 1.52. The summed E-state index contributed by atoms with van der Waals surface area (Å²) in [5.41, 5.74) is 2.65. The highest BCUT2D eigenvalue weighted by molar-refractivity contribution is 9.10. The number of hydrogen-bond donors (Lipinski definition) is 1. The molecule has 0 saturated carbocycles. The molecule has 0 unspecified atom stereocenters. The second-order valence-corrected chi connectivity index (χ2v) is 4.25. The number of nitrogens with zero attached hydrogens (tertiary/aromatic N) is 3. The molecule has 1 aromatic carbocycles. The lowest BCUT2D eigenvalue weighted by Gasteiger charge is -1.91. The molecule has 0 aliphatic heterocycles. The molecule has 78 valence electrons. The molecular weight excluding hydrogens is 268 g/mol. The van der Waals surface area contributed by atoms with Crippen LogP contribution in [0.2, 0.25) is 0 Å². The second kappa shape index (κ2) is 3.68. The molecule has 2 heterocycles. The molecule has 0 fully saturated rings. The number of benzene rings is 1. The van der Waals surface area contributed by atoms with Gasteiger partial charge in [-0.15, -0.1) is 0 Å². The minimum Gasteiger partial charge on any atom is -0.337 e. The molecule has 0 bridgehead atoms. The van der Waals surface area contributed by atoms with Crippen molar-refractivity contribution >= 4 is 27.0 Å². The SMILES string of the molecule is Brc1ccc2nc(-c3cnccn3)[nH]c2c1. The number of rotatable bonds is 1. The fraction of sp³-hybridized carbons (Fsp3) is 0. The summed E-state index contributed by atoms with van der Waals surface area (Å²) in [6, 6.07) is 5.90. The topological polar surface area (TPSA) is 54.5 Å². The third-order valence-electron chi connectivity index (χ3n) is 2.25. The number of fused-ring (bicyclic) bond motifs is 1. The van der Waals surface area contributed by atoms with E-state index in [0.29, 0.717) is 0 Å². The van der Waals surface area contributed by atoms with Crippen LogP contribution in [0.5, 0.6) is 0 Å². The quantitative estimate of drug-likeness (QED) is 0.743. The molecule has 1 N–H and O–H groups in total. The third kappa shape index (κ3) is 1.59. The first-order chi connectivity index (χ1) is 7.83. The van der Waals surface area contributed by atoms with E-state index >= 15 is 0 Å². The lowest BCUT2D eigenvalue weighted by atomic mass is 10.3. The van der Waals surface area contributed by atoms with Crippen molar-refractivity contribution < 1.29 is 0 Å². The zero-order valence-corrected chi connectivity index (χ0v) is 9.77. The van der Waals surface area contributed by atoms with E-state index in [-0.39, 0.29) is 0 Å². The maximum atomic E-state index is 4.45. The third-order valence-corrected chi connectivity index (χ3v) is 2.74. The number of H-pyrrole nitrogens is 1. The number of aromatic nitrogens is 4. The van der Waals surface area contributed by atoms with E-state index in [1.54, 1.807) is 18.6 Å². The van der Waals surface area contributed by atoms with E-state index in [9.17, 15) is 0 Å². The maximum absolute atomic E-state index is 4.45. The van der Waals surface area contributed by atoms with Crippen molar-refractivity contribution in [1.82, 2.24) is 19.9 Å². The van der Waals surface area contributed by atoms with Gasteiger partial charge < -0.3 is 4.98 Å². The van der Waals surface area contributed by atoms with E-state index in [2.05, 4.69) is 35.9 Å². The Labute approximate surface area is 99.9 Å². The molecule has 0 spiro atoms. The Kier molecular flexibility index (Phi) is 2.18. The Bertz CT molecular complexity index is 633. The molecule has 3 rings (SSSR count). The zero-order valence-electron chi connectivity index (χ0n) is 8.18. The van der Waals surface area contributed by atoms with Gasteiger partial charge in [0.05, 0.1) is 17.2 Å². The van der Waals surface area contributed by atoms with Crippen molar-refractivity contribution in [3.8, 4) is 11.5 Å². The van der Waals surface area contributed by atoms with Crippen LogP contribution in [0.1, 0.15) is 0 Å². The van der Waals surface area contributed by atoms with Gasteiger partial charge in [-0.3, -0.25) is 4.98 Å². The molecule has 0 saturated heterocycles. The monoisotopic (exact) mass is 274 g/mol. The Balaban J connectivity index is 2.19. The number of nitrogens with one attached hydrogen (secondary N) is 1. The Morgan fingerprint density at radius 3 is 2.94 bits per heavy atom. The number of aromatic amines is 1. The molecule has 0 aliphatic carbocycles. The van der Waals surface area contributed by atoms with E-state index in [0.717, 1.165) is 27.0 Å². The van der Waals surface area contributed by atoms with Crippen molar-refractivity contribution in [2.45, 2.75) is 0 Å². The van der Waals surface area contributed by atoms with Crippen LogP contribution < -0.4 is 0 Å². The summed E-state index contributed by atoms with van der Waals surface area (Å²) in [4.78, 5) is 15.9. The second-order valence-electron chi connectivity index (χ2n) is 3.34. The number of halogens is 1. The molecular formula is C11H7BrN4. The highest BCUT2D eigenvalue weighted by Crippen LogP contribution is 2.21. The molecule has 0 amide bonds. The van der Waals surface area contributed by atoms with Crippen LogP contribution in [0.3, 0.4) is 0 Å². The van der Waals surface area contributed by atoms with E-state index in [4.69, 9.17) is 0 Å². The Morgan fingerprint density at radius 1 is 1.19 bits per heavy atom. The molecule has 3 aromatic rings. The maximum Gasteiger partial charge on any atom is 0.158 e. The van der Waals surface area contributed by atoms with Gasteiger partial charge in [0.1, 0.15) is 5.69 Å². The van der Waals surface area contributed by atoms with Crippen LogP contribution in [-0.4, -0.2) is 19.9 Å². The first-order valence-corrected chi connectivity index (χ1v) is 5.54. The van der Waals surface area contributed by atoms with Crippen LogP contribution in [0.15, 0.2) is 41.3 Å². The predicted octanol–water partition coefficient (Wildman–Crippen LogP) is 2.78. The van der Waals surface area contributed by atoms with Crippen LogP contribution >= 0.6 is 15.9 Å². The number of imidazole rings is 1. The highest BCUT2D eigenvalue weighted by atomic mass is 79.9. The number of hydrogen-bond acceptors (Lipinski definition) is 3. The standard InChI is InChI=1S/C11H7BrN4/c12-7-1-2-8-9(5-7)16-11(15-8)10-6-13-3-4-14-10/h1-6H,(H,15,16). The smallest absolute Gasteiger partial charge is 0.158 e. The molecule has 2 aromatic heterocycles.